The molecule has 6 nitrogen and oxygen atoms in total. The smallest absolute Gasteiger partial charge is 0.228 e. The number of carbonyl (C=O) groups excluding carboxylic acids is 1. The van der Waals surface area contributed by atoms with Gasteiger partial charge in [-0.25, -0.2) is 9.82 Å². The molecule has 0 saturated carbocycles. The number of carbonyl (C=O) groups is 1. The van der Waals surface area contributed by atoms with Crippen LogP contribution in [-0.4, -0.2) is 56.6 Å². The lowest BCUT2D eigenvalue weighted by atomic mass is 9.84. The van der Waals surface area contributed by atoms with Gasteiger partial charge in [0.15, 0.2) is 0 Å². The second-order valence-corrected chi connectivity index (χ2v) is 8.58. The van der Waals surface area contributed by atoms with Crippen LogP contribution in [0.2, 0.25) is 0 Å². The summed E-state index contributed by atoms with van der Waals surface area (Å²) in [5.41, 5.74) is 9.50. The summed E-state index contributed by atoms with van der Waals surface area (Å²) in [6.45, 7) is 4.75. The highest BCUT2D eigenvalue weighted by molar-refractivity contribution is 5.94. The molecule has 3 aliphatic heterocycles. The Hall–Kier alpha value is -2.48. The molecule has 158 valence electrons. The van der Waals surface area contributed by atoms with Crippen molar-refractivity contribution in [2.75, 3.05) is 49.6 Å². The van der Waals surface area contributed by atoms with E-state index in [1.165, 1.54) is 17.3 Å². The first-order chi connectivity index (χ1) is 14.6. The zero-order chi connectivity index (χ0) is 20.7. The van der Waals surface area contributed by atoms with Crippen LogP contribution >= 0.6 is 0 Å². The molecule has 0 aliphatic carbocycles. The van der Waals surface area contributed by atoms with Crippen molar-refractivity contribution in [3.63, 3.8) is 0 Å². The number of nitrogens with one attached hydrogen (secondary N) is 2. The third-order valence-electron chi connectivity index (χ3n) is 6.72. The van der Waals surface area contributed by atoms with E-state index < -0.39 is 0 Å². The third kappa shape index (κ3) is 3.57. The third-order valence-corrected chi connectivity index (χ3v) is 6.72. The number of piperazine rings is 1. The van der Waals surface area contributed by atoms with E-state index in [1.807, 2.05) is 0 Å². The van der Waals surface area contributed by atoms with E-state index in [0.29, 0.717) is 18.7 Å². The first kappa shape index (κ1) is 19.5. The normalized spacial score (nSPS) is 27.4. The lowest BCUT2D eigenvalue weighted by Crippen LogP contribution is -2.49. The van der Waals surface area contributed by atoms with Gasteiger partial charge in [0, 0.05) is 56.8 Å². The van der Waals surface area contributed by atoms with Gasteiger partial charge in [-0.3, -0.25) is 10.2 Å². The number of fused-ring (bicyclic) bond motifs is 1. The minimum Gasteiger partial charge on any atom is -0.369 e. The number of hydrazine groups is 1. The molecule has 0 radical (unpaired) electrons. The molecular weight excluding hydrogens is 381 g/mol. The zero-order valence-electron chi connectivity index (χ0n) is 17.2. The van der Waals surface area contributed by atoms with Crippen LogP contribution < -0.4 is 20.7 Å². The SMILES string of the molecule is CN1CCN(c2ccc(C3NNC4CC(=O)N(c5ccccc5F)CC43)cc2)CC1. The number of hydrogen-bond acceptors (Lipinski definition) is 5. The van der Waals surface area contributed by atoms with E-state index in [9.17, 15) is 9.18 Å². The van der Waals surface area contributed by atoms with Gasteiger partial charge >= 0.3 is 0 Å². The maximum absolute atomic E-state index is 14.3. The maximum atomic E-state index is 14.3. The fourth-order valence-electron chi connectivity index (χ4n) is 4.88. The zero-order valence-corrected chi connectivity index (χ0v) is 17.2. The van der Waals surface area contributed by atoms with Gasteiger partial charge in [0.05, 0.1) is 11.7 Å². The summed E-state index contributed by atoms with van der Waals surface area (Å²) in [5, 5.41) is 0. The second-order valence-electron chi connectivity index (χ2n) is 8.58. The van der Waals surface area contributed by atoms with Crippen molar-refractivity contribution < 1.29 is 9.18 Å². The summed E-state index contributed by atoms with van der Waals surface area (Å²) >= 11 is 0. The number of likely N-dealkylation sites (N-methyl/N-ethyl adjacent to an activating group) is 1. The first-order valence-electron chi connectivity index (χ1n) is 10.7. The Kier molecular flexibility index (Phi) is 5.18. The number of rotatable bonds is 3. The molecule has 3 unspecified atom stereocenters. The van der Waals surface area contributed by atoms with Gasteiger partial charge in [0.2, 0.25) is 5.91 Å². The van der Waals surface area contributed by atoms with Crippen LogP contribution in [0.4, 0.5) is 15.8 Å². The van der Waals surface area contributed by atoms with Crippen LogP contribution in [0.1, 0.15) is 18.0 Å². The monoisotopic (exact) mass is 409 g/mol. The number of benzene rings is 2. The summed E-state index contributed by atoms with van der Waals surface area (Å²) in [7, 11) is 2.16. The average Bonchev–Trinajstić information content (AvgIpc) is 3.17. The summed E-state index contributed by atoms with van der Waals surface area (Å²) in [6, 6.07) is 15.4. The molecule has 3 heterocycles. The van der Waals surface area contributed by atoms with E-state index in [0.717, 1.165) is 26.2 Å². The van der Waals surface area contributed by atoms with Gasteiger partial charge in [0.25, 0.3) is 0 Å². The average molecular weight is 410 g/mol. The molecule has 2 aromatic carbocycles. The van der Waals surface area contributed by atoms with E-state index in [1.54, 1.807) is 23.1 Å². The molecule has 0 aromatic heterocycles. The van der Waals surface area contributed by atoms with Crippen LogP contribution in [0.15, 0.2) is 48.5 Å². The quantitative estimate of drug-likeness (QED) is 0.814. The van der Waals surface area contributed by atoms with Crippen LogP contribution in [0.3, 0.4) is 0 Å². The molecule has 3 aliphatic rings. The van der Waals surface area contributed by atoms with E-state index in [4.69, 9.17) is 0 Å². The lowest BCUT2D eigenvalue weighted by molar-refractivity contribution is -0.120. The van der Waals surface area contributed by atoms with Crippen LogP contribution in [-0.2, 0) is 4.79 Å². The van der Waals surface area contributed by atoms with Crippen molar-refractivity contribution in [3.05, 3.63) is 59.9 Å². The molecule has 5 rings (SSSR count). The van der Waals surface area contributed by atoms with Crippen molar-refractivity contribution >= 4 is 17.3 Å². The van der Waals surface area contributed by atoms with E-state index >= 15 is 0 Å². The van der Waals surface area contributed by atoms with Gasteiger partial charge in [-0.2, -0.15) is 0 Å². The molecular formula is C23H28FN5O. The largest absolute Gasteiger partial charge is 0.369 e. The summed E-state index contributed by atoms with van der Waals surface area (Å²) < 4.78 is 14.3. The van der Waals surface area contributed by atoms with Gasteiger partial charge in [-0.05, 0) is 36.9 Å². The van der Waals surface area contributed by atoms with Gasteiger partial charge in [0.1, 0.15) is 5.82 Å². The molecule has 3 fully saturated rings. The molecule has 0 spiro atoms. The molecule has 0 bridgehead atoms. The Bertz CT molecular complexity index is 912. The highest BCUT2D eigenvalue weighted by Gasteiger charge is 2.44. The minimum absolute atomic E-state index is 0.0401. The number of hydrogen-bond donors (Lipinski definition) is 2. The number of para-hydroxylation sites is 1. The van der Waals surface area contributed by atoms with Gasteiger partial charge in [-0.1, -0.05) is 24.3 Å². The predicted molar refractivity (Wildman–Crippen MR) is 116 cm³/mol. The van der Waals surface area contributed by atoms with Crippen molar-refractivity contribution in [1.82, 2.24) is 15.8 Å². The second kappa shape index (κ2) is 7.98. The fraction of sp³-hybridized carbons (Fsp3) is 0.435. The van der Waals surface area contributed by atoms with Crippen molar-refractivity contribution in [1.29, 1.82) is 0 Å². The molecule has 1 amide bonds. The van der Waals surface area contributed by atoms with Crippen LogP contribution in [0, 0.1) is 11.7 Å². The number of piperidine rings is 1. The highest BCUT2D eigenvalue weighted by Crippen LogP contribution is 2.37. The topological polar surface area (TPSA) is 50.9 Å². The molecule has 2 aromatic rings. The van der Waals surface area contributed by atoms with Gasteiger partial charge in [-0.15, -0.1) is 0 Å². The molecule has 30 heavy (non-hydrogen) atoms. The Morgan fingerprint density at radius 1 is 0.967 bits per heavy atom. The van der Waals surface area contributed by atoms with Crippen molar-refractivity contribution in [2.45, 2.75) is 18.5 Å². The standard InChI is InChI=1S/C23H28FN5O/c1-27-10-12-28(13-11-27)17-8-6-16(7-9-17)23-18-15-29(21-5-3-2-4-19(21)24)22(30)14-20(18)25-26-23/h2-9,18,20,23,25-26H,10-15H2,1H3. The van der Waals surface area contributed by atoms with Crippen molar-refractivity contribution in [3.8, 4) is 0 Å². The van der Waals surface area contributed by atoms with E-state index in [-0.39, 0.29) is 29.7 Å². The first-order valence-corrected chi connectivity index (χ1v) is 10.7. The van der Waals surface area contributed by atoms with Gasteiger partial charge < -0.3 is 14.7 Å². The number of amides is 1. The number of nitrogens with zero attached hydrogens (tertiary/aromatic N) is 3. The minimum atomic E-state index is -0.351. The molecule has 7 heteroatoms. The molecule has 3 atom stereocenters. The molecule has 3 saturated heterocycles. The lowest BCUT2D eigenvalue weighted by Gasteiger charge is -2.36. The van der Waals surface area contributed by atoms with Crippen molar-refractivity contribution in [2.24, 2.45) is 5.92 Å². The maximum Gasteiger partial charge on any atom is 0.228 e. The Balaban J connectivity index is 1.33. The molecule has 2 N–H and O–H groups in total. The highest BCUT2D eigenvalue weighted by atomic mass is 19.1. The number of halogens is 1. The Morgan fingerprint density at radius 2 is 1.70 bits per heavy atom. The Labute approximate surface area is 176 Å². The van der Waals surface area contributed by atoms with Crippen LogP contribution in [0.25, 0.3) is 0 Å². The summed E-state index contributed by atoms with van der Waals surface area (Å²) in [4.78, 5) is 19.0. The fourth-order valence-corrected chi connectivity index (χ4v) is 4.88. The number of anilines is 2. The summed E-state index contributed by atoms with van der Waals surface area (Å²) in [6.07, 6.45) is 0.363. The Morgan fingerprint density at radius 3 is 2.43 bits per heavy atom. The predicted octanol–water partition coefficient (Wildman–Crippen LogP) is 2.15. The van der Waals surface area contributed by atoms with E-state index in [2.05, 4.69) is 52.0 Å². The van der Waals surface area contributed by atoms with Crippen LogP contribution in [0.5, 0.6) is 0 Å². The summed E-state index contributed by atoms with van der Waals surface area (Å²) in [5.74, 6) is -0.213.